The van der Waals surface area contributed by atoms with Crippen LogP contribution in [-0.2, 0) is 41.6 Å². The van der Waals surface area contributed by atoms with Crippen LogP contribution in [0.3, 0.4) is 0 Å². The van der Waals surface area contributed by atoms with Crippen molar-refractivity contribution in [2.75, 3.05) is 27.2 Å². The van der Waals surface area contributed by atoms with Gasteiger partial charge in [-0.05, 0) is 149 Å². The van der Waals surface area contributed by atoms with Gasteiger partial charge in [0, 0.05) is 42.7 Å². The van der Waals surface area contributed by atoms with Crippen molar-refractivity contribution in [1.82, 2.24) is 47.0 Å². The number of nitrogens with one attached hydrogen (secondary N) is 7. The average Bonchev–Trinajstić information content (AvgIpc) is 4.20. The molecular formula is C62H85N9O10. The van der Waals surface area contributed by atoms with Gasteiger partial charge in [0.05, 0.1) is 29.7 Å². The zero-order valence-corrected chi connectivity index (χ0v) is 48.8. The summed E-state index contributed by atoms with van der Waals surface area (Å²) in [5.41, 5.74) is 2.45. The standard InChI is InChI=1S/C62H85N9O10/c1-35(63-9)53(73)68-51(61(3,4)5)58(78)70-33-43(31-48(70)50(72)27-17-23-38-21-15-20-37-18-11-13-24-45(37)38)65-55(75)40-28-41(30-42(29-40)60(80)81)56(76)66-44-32-49(57(77)67-47-26-16-22-39-19-12-14-25-46(39)47)71(34-44)59(79)52(62(6,7)8)69-54(74)36(2)64-10/h11-14,18-19,24-25,28-30,35-36,38,43-44,47-49,51-52,63-64H,15-17,20-23,26-27,31-34H2,1-10H3,(H,65,75)(H,66,76)(H,67,77)(H,68,73)(H,69,74)(H,80,81)/t35-,36-,38-,43-,44-,47+,48-,49-,51+,52+/m0/s1. The Balaban J connectivity index is 1.11. The number of rotatable bonds is 20. The molecule has 7 amide bonds. The van der Waals surface area contributed by atoms with Gasteiger partial charge in [0.1, 0.15) is 18.1 Å². The van der Waals surface area contributed by atoms with Crippen LogP contribution in [0.4, 0.5) is 0 Å². The smallest absolute Gasteiger partial charge is 0.335 e. The third-order valence-electron chi connectivity index (χ3n) is 16.8. The highest BCUT2D eigenvalue weighted by Gasteiger charge is 2.48. The van der Waals surface area contributed by atoms with E-state index in [0.717, 1.165) is 61.8 Å². The molecule has 19 heteroatoms. The number of Topliss-reactive ketones (excluding diaryl/α,β-unsaturated/α-hetero) is 1. The largest absolute Gasteiger partial charge is 0.478 e. The maximum atomic E-state index is 14.8. The molecule has 3 aromatic carbocycles. The maximum absolute atomic E-state index is 14.8. The Morgan fingerprint density at radius 1 is 0.605 bits per heavy atom. The van der Waals surface area contributed by atoms with Crippen LogP contribution in [0.5, 0.6) is 0 Å². The summed E-state index contributed by atoms with van der Waals surface area (Å²) < 4.78 is 0. The third-order valence-corrected chi connectivity index (χ3v) is 16.8. The molecule has 10 atom stereocenters. The van der Waals surface area contributed by atoms with Crippen LogP contribution in [0.1, 0.15) is 178 Å². The van der Waals surface area contributed by atoms with E-state index in [4.69, 9.17) is 0 Å². The lowest BCUT2D eigenvalue weighted by Crippen LogP contribution is -2.59. The number of likely N-dealkylation sites (tertiary alicyclic amines) is 2. The zero-order chi connectivity index (χ0) is 59.1. The van der Waals surface area contributed by atoms with E-state index in [0.29, 0.717) is 18.8 Å². The number of aryl methyl sites for hydroxylation is 2. The van der Waals surface area contributed by atoms with E-state index >= 15 is 0 Å². The summed E-state index contributed by atoms with van der Waals surface area (Å²) in [6.45, 7) is 14.0. The molecule has 0 unspecified atom stereocenters. The summed E-state index contributed by atoms with van der Waals surface area (Å²) in [5.74, 6) is -5.03. The van der Waals surface area contributed by atoms with Crippen LogP contribution >= 0.6 is 0 Å². The molecule has 0 radical (unpaired) electrons. The van der Waals surface area contributed by atoms with Crippen LogP contribution in [0.25, 0.3) is 0 Å². The Bertz CT molecular complexity index is 2860. The third kappa shape index (κ3) is 14.9. The minimum absolute atomic E-state index is 0.0129. The van der Waals surface area contributed by atoms with E-state index in [-0.39, 0.29) is 60.9 Å². The maximum Gasteiger partial charge on any atom is 0.335 e. The molecule has 19 nitrogen and oxygen atoms in total. The van der Waals surface area contributed by atoms with Crippen LogP contribution in [0.15, 0.2) is 66.7 Å². The second kappa shape index (κ2) is 26.3. The van der Waals surface area contributed by atoms with Gasteiger partial charge in [0.15, 0.2) is 5.78 Å². The molecule has 81 heavy (non-hydrogen) atoms. The number of hydrogen-bond donors (Lipinski definition) is 8. The summed E-state index contributed by atoms with van der Waals surface area (Å²) in [6.07, 6.45) is 7.10. The molecule has 2 aliphatic carbocycles. The van der Waals surface area contributed by atoms with Crippen molar-refractivity contribution in [2.24, 2.45) is 10.8 Å². The topological polar surface area (TPSA) is 265 Å². The number of nitrogens with zero attached hydrogens (tertiary/aromatic N) is 2. The van der Waals surface area contributed by atoms with E-state index in [1.807, 2.05) is 77.9 Å². The predicted octanol–water partition coefficient (Wildman–Crippen LogP) is 5.11. The molecule has 0 saturated carbocycles. The average molecular weight is 1120 g/mol. The number of aromatic carboxylic acids is 1. The van der Waals surface area contributed by atoms with Crippen LogP contribution < -0.4 is 37.2 Å². The van der Waals surface area contributed by atoms with E-state index in [1.165, 1.54) is 27.0 Å². The number of benzene rings is 3. The Morgan fingerprint density at radius 3 is 1.57 bits per heavy atom. The molecule has 8 N–H and O–H groups in total. The van der Waals surface area contributed by atoms with Crippen molar-refractivity contribution in [1.29, 1.82) is 0 Å². The van der Waals surface area contributed by atoms with Gasteiger partial charge in [0.2, 0.25) is 29.5 Å². The summed E-state index contributed by atoms with van der Waals surface area (Å²) in [5, 5.41) is 30.9. The lowest BCUT2D eigenvalue weighted by Gasteiger charge is -2.36. The number of fused-ring (bicyclic) bond motifs is 2. The molecule has 438 valence electrons. The van der Waals surface area contributed by atoms with E-state index in [9.17, 15) is 48.3 Å². The Hall–Kier alpha value is -6.99. The Kier molecular flexibility index (Phi) is 20.0. The summed E-state index contributed by atoms with van der Waals surface area (Å²) in [7, 11) is 3.26. The molecule has 0 bridgehead atoms. The molecule has 2 aliphatic heterocycles. The highest BCUT2D eigenvalue weighted by Crippen LogP contribution is 2.36. The predicted molar refractivity (Wildman–Crippen MR) is 307 cm³/mol. The fraction of sp³-hybridized carbons (Fsp3) is 0.565. The molecule has 3 aromatic rings. The minimum atomic E-state index is -1.41. The lowest BCUT2D eigenvalue weighted by atomic mass is 9.80. The normalized spacial score (nSPS) is 22.2. The Morgan fingerprint density at radius 2 is 1.06 bits per heavy atom. The first-order chi connectivity index (χ1) is 38.3. The SMILES string of the molecule is CN[C@@H](C)C(=O)N[C@H](C(=O)N1C[C@@H](NC(=O)c2cc(C(=O)O)cc(C(=O)N[C@H]3C[C@@H](C(=O)N[C@@H]4CCCc5ccccc54)N(C(=O)[C@@H](NC(=O)[C@H](C)NC)C(C)(C)C)C3)c2)C[C@H]1C(=O)CCC[C@@H]1CCCc2ccccc21)C(C)(C)C. The number of carbonyl (C=O) groups is 9. The number of likely N-dealkylation sites (N-methyl/N-ethyl adjacent to an activating group) is 2. The second-order valence-electron chi connectivity index (χ2n) is 24.9. The van der Waals surface area contributed by atoms with Crippen molar-refractivity contribution in [3.63, 3.8) is 0 Å². The molecule has 2 fully saturated rings. The van der Waals surface area contributed by atoms with Crippen molar-refractivity contribution in [3.8, 4) is 0 Å². The summed E-state index contributed by atoms with van der Waals surface area (Å²) in [6, 6.07) is 12.5. The number of carboxylic acids is 1. The van der Waals surface area contributed by atoms with Crippen molar-refractivity contribution in [3.05, 3.63) is 106 Å². The monoisotopic (exact) mass is 1120 g/mol. The van der Waals surface area contributed by atoms with Gasteiger partial charge in [-0.3, -0.25) is 38.4 Å². The van der Waals surface area contributed by atoms with Crippen LogP contribution in [-0.4, -0.2) is 144 Å². The van der Waals surface area contributed by atoms with Gasteiger partial charge >= 0.3 is 5.97 Å². The highest BCUT2D eigenvalue weighted by atomic mass is 16.4. The zero-order valence-electron chi connectivity index (χ0n) is 48.8. The van der Waals surface area contributed by atoms with E-state index in [2.05, 4.69) is 49.4 Å². The molecule has 2 saturated heterocycles. The van der Waals surface area contributed by atoms with Gasteiger partial charge in [-0.15, -0.1) is 0 Å². The van der Waals surface area contributed by atoms with Gasteiger partial charge < -0.3 is 52.1 Å². The quantitative estimate of drug-likeness (QED) is 0.0734. The molecule has 7 rings (SSSR count). The second-order valence-corrected chi connectivity index (χ2v) is 24.9. The van der Waals surface area contributed by atoms with Gasteiger partial charge in [-0.1, -0.05) is 90.1 Å². The van der Waals surface area contributed by atoms with Gasteiger partial charge in [0.25, 0.3) is 11.8 Å². The molecule has 2 heterocycles. The van der Waals surface area contributed by atoms with Gasteiger partial charge in [-0.2, -0.15) is 0 Å². The molecular weight excluding hydrogens is 1030 g/mol. The van der Waals surface area contributed by atoms with E-state index in [1.54, 1.807) is 27.9 Å². The molecule has 4 aliphatic rings. The number of ketones is 1. The van der Waals surface area contributed by atoms with E-state index < -0.39 is 106 Å². The fourth-order valence-corrected chi connectivity index (χ4v) is 11.9. The minimum Gasteiger partial charge on any atom is -0.478 e. The summed E-state index contributed by atoms with van der Waals surface area (Å²) >= 11 is 0. The Labute approximate surface area is 476 Å². The van der Waals surface area contributed by atoms with Crippen LogP contribution in [0.2, 0.25) is 0 Å². The van der Waals surface area contributed by atoms with Crippen LogP contribution in [0, 0.1) is 10.8 Å². The molecule has 0 aromatic heterocycles. The summed E-state index contributed by atoms with van der Waals surface area (Å²) in [4.78, 5) is 129. The lowest BCUT2D eigenvalue weighted by molar-refractivity contribution is -0.144. The number of carboxylic acid groups (broad SMARTS) is 1. The van der Waals surface area contributed by atoms with Gasteiger partial charge in [-0.25, -0.2) is 4.79 Å². The first-order valence-electron chi connectivity index (χ1n) is 28.8. The van der Waals surface area contributed by atoms with Crippen molar-refractivity contribution in [2.45, 2.75) is 186 Å². The first kappa shape index (κ1) is 61.6. The first-order valence-corrected chi connectivity index (χ1v) is 28.8. The number of carbonyl (C=O) groups excluding carboxylic acids is 8. The number of hydrogen-bond acceptors (Lipinski definition) is 11. The molecule has 0 spiro atoms. The number of amides is 7. The van der Waals surface area contributed by atoms with Crippen molar-refractivity contribution >= 4 is 53.1 Å². The van der Waals surface area contributed by atoms with Crippen molar-refractivity contribution < 1.29 is 48.3 Å². The fourth-order valence-electron chi connectivity index (χ4n) is 11.9. The highest BCUT2D eigenvalue weighted by molar-refractivity contribution is 6.04.